The molecule has 0 aliphatic heterocycles. The number of aliphatic hydroxyl groups is 1. The summed E-state index contributed by atoms with van der Waals surface area (Å²) < 4.78 is 7.47. The van der Waals surface area contributed by atoms with Crippen molar-refractivity contribution in [2.24, 2.45) is 0 Å². The van der Waals surface area contributed by atoms with Crippen LogP contribution in [0.15, 0.2) is 73.1 Å². The average Bonchev–Trinajstić information content (AvgIpc) is 3.31. The Hall–Kier alpha value is -3.00. The number of benzene rings is 3. The molecule has 0 aliphatic rings. The molecule has 30 heavy (non-hydrogen) atoms. The molecule has 2 atom stereocenters. The number of fused-ring (bicyclic) bond motifs is 1. The number of rotatable bonds is 8. The van der Waals surface area contributed by atoms with Gasteiger partial charge >= 0.3 is 0 Å². The van der Waals surface area contributed by atoms with Crippen molar-refractivity contribution in [2.75, 3.05) is 13.2 Å². The van der Waals surface area contributed by atoms with Crippen molar-refractivity contribution in [3.05, 3.63) is 78.6 Å². The number of hydrogen-bond acceptors (Lipinski definition) is 6. The lowest BCUT2D eigenvalue weighted by molar-refractivity contribution is 0.105. The molecule has 1 heterocycles. The van der Waals surface area contributed by atoms with Gasteiger partial charge in [0.15, 0.2) is 0 Å². The van der Waals surface area contributed by atoms with E-state index >= 15 is 0 Å². The Balaban J connectivity index is 0.00000256. The van der Waals surface area contributed by atoms with E-state index in [0.29, 0.717) is 6.54 Å². The third-order valence-corrected chi connectivity index (χ3v) is 4.85. The highest BCUT2D eigenvalue weighted by Crippen LogP contribution is 2.25. The second kappa shape index (κ2) is 10.2. The summed E-state index contributed by atoms with van der Waals surface area (Å²) in [6.07, 6.45) is 0.945. The predicted molar refractivity (Wildman–Crippen MR) is 118 cm³/mol. The number of halogens is 1. The Kier molecular flexibility index (Phi) is 7.35. The van der Waals surface area contributed by atoms with Gasteiger partial charge in [-0.2, -0.15) is 0 Å². The number of hydrogen-bond donors (Lipinski definition) is 2. The maximum Gasteiger partial charge on any atom is 0.143 e. The van der Waals surface area contributed by atoms with Crippen LogP contribution in [0.1, 0.15) is 18.5 Å². The molecule has 1 aromatic heterocycles. The number of ether oxygens (including phenoxy) is 1. The normalized spacial score (nSPS) is 12.9. The van der Waals surface area contributed by atoms with Crippen LogP contribution in [-0.4, -0.2) is 44.6 Å². The SMILES string of the molecule is CC(NCC(O)COc1cccc2ccccc12)c1ccc(-n2cnnn2)cc1.Cl. The van der Waals surface area contributed by atoms with Gasteiger partial charge in [0.2, 0.25) is 0 Å². The highest BCUT2D eigenvalue weighted by Gasteiger charge is 2.11. The molecule has 0 bridgehead atoms. The smallest absolute Gasteiger partial charge is 0.143 e. The Bertz CT molecular complexity index is 1050. The van der Waals surface area contributed by atoms with E-state index in [-0.39, 0.29) is 25.1 Å². The highest BCUT2D eigenvalue weighted by atomic mass is 35.5. The van der Waals surface area contributed by atoms with Crippen LogP contribution in [-0.2, 0) is 0 Å². The monoisotopic (exact) mass is 425 g/mol. The molecule has 2 N–H and O–H groups in total. The summed E-state index contributed by atoms with van der Waals surface area (Å²) >= 11 is 0. The van der Waals surface area contributed by atoms with Gasteiger partial charge in [0, 0.05) is 18.0 Å². The van der Waals surface area contributed by atoms with Gasteiger partial charge in [-0.1, -0.05) is 48.5 Å². The van der Waals surface area contributed by atoms with Crippen molar-refractivity contribution in [1.82, 2.24) is 25.5 Å². The summed E-state index contributed by atoms with van der Waals surface area (Å²) in [6.45, 7) is 2.72. The fourth-order valence-electron chi connectivity index (χ4n) is 3.19. The van der Waals surface area contributed by atoms with E-state index in [1.807, 2.05) is 66.7 Å². The van der Waals surface area contributed by atoms with Crippen LogP contribution in [0.4, 0.5) is 0 Å². The third-order valence-electron chi connectivity index (χ3n) is 4.85. The molecule has 0 fully saturated rings. The molecule has 0 saturated carbocycles. The van der Waals surface area contributed by atoms with E-state index in [4.69, 9.17) is 4.74 Å². The predicted octanol–water partition coefficient (Wildman–Crippen LogP) is 3.33. The minimum atomic E-state index is -0.614. The van der Waals surface area contributed by atoms with E-state index in [0.717, 1.165) is 27.8 Å². The van der Waals surface area contributed by atoms with Gasteiger partial charge in [0.1, 0.15) is 24.8 Å². The van der Waals surface area contributed by atoms with Crippen LogP contribution in [0, 0.1) is 0 Å². The number of aromatic nitrogens is 4. The number of tetrazole rings is 1. The summed E-state index contributed by atoms with van der Waals surface area (Å²) in [7, 11) is 0. The zero-order chi connectivity index (χ0) is 20.1. The molecule has 0 radical (unpaired) electrons. The molecular formula is C22H24ClN5O2. The van der Waals surface area contributed by atoms with Crippen molar-refractivity contribution in [3.8, 4) is 11.4 Å². The van der Waals surface area contributed by atoms with Crippen LogP contribution < -0.4 is 10.1 Å². The summed E-state index contributed by atoms with van der Waals surface area (Å²) in [5.41, 5.74) is 2.01. The van der Waals surface area contributed by atoms with Gasteiger partial charge in [0.05, 0.1) is 5.69 Å². The zero-order valence-electron chi connectivity index (χ0n) is 16.5. The molecule has 4 rings (SSSR count). The van der Waals surface area contributed by atoms with Crippen molar-refractivity contribution in [3.63, 3.8) is 0 Å². The van der Waals surface area contributed by atoms with E-state index < -0.39 is 6.10 Å². The third kappa shape index (κ3) is 5.13. The number of aliphatic hydroxyl groups excluding tert-OH is 1. The molecule has 0 spiro atoms. The standard InChI is InChI=1S/C22H23N5O2.ClH/c1-16(17-9-11-19(12-10-17)27-15-24-25-26-27)23-13-20(28)14-29-22-8-4-6-18-5-2-3-7-21(18)22;/h2-12,15-16,20,23,28H,13-14H2,1H3;1H. The Morgan fingerprint density at radius 2 is 1.80 bits per heavy atom. The van der Waals surface area contributed by atoms with Gasteiger partial charge in [-0.25, -0.2) is 4.68 Å². The molecule has 2 unspecified atom stereocenters. The lowest BCUT2D eigenvalue weighted by Gasteiger charge is -2.18. The molecule has 0 saturated heterocycles. The maximum absolute atomic E-state index is 10.3. The molecule has 3 aromatic carbocycles. The van der Waals surface area contributed by atoms with E-state index in [1.165, 1.54) is 0 Å². The summed E-state index contributed by atoms with van der Waals surface area (Å²) in [5.74, 6) is 0.786. The molecule has 0 aliphatic carbocycles. The van der Waals surface area contributed by atoms with Crippen LogP contribution in [0.3, 0.4) is 0 Å². The Morgan fingerprint density at radius 1 is 1.03 bits per heavy atom. The molecule has 4 aromatic rings. The van der Waals surface area contributed by atoms with Crippen molar-refractivity contribution in [2.45, 2.75) is 19.1 Å². The quantitative estimate of drug-likeness (QED) is 0.450. The van der Waals surface area contributed by atoms with Gasteiger partial charge in [0.25, 0.3) is 0 Å². The first-order valence-corrected chi connectivity index (χ1v) is 9.56. The first-order valence-electron chi connectivity index (χ1n) is 9.56. The Morgan fingerprint density at radius 3 is 2.57 bits per heavy atom. The fourth-order valence-corrected chi connectivity index (χ4v) is 3.19. The van der Waals surface area contributed by atoms with Gasteiger partial charge in [-0.15, -0.1) is 17.5 Å². The average molecular weight is 426 g/mol. The first kappa shape index (κ1) is 21.7. The minimum Gasteiger partial charge on any atom is -0.490 e. The summed E-state index contributed by atoms with van der Waals surface area (Å²) in [6, 6.07) is 22.1. The van der Waals surface area contributed by atoms with Gasteiger partial charge in [-0.3, -0.25) is 0 Å². The van der Waals surface area contributed by atoms with Crippen LogP contribution >= 0.6 is 12.4 Å². The number of nitrogens with one attached hydrogen (secondary N) is 1. The maximum atomic E-state index is 10.3. The van der Waals surface area contributed by atoms with Crippen molar-refractivity contribution < 1.29 is 9.84 Å². The van der Waals surface area contributed by atoms with E-state index in [2.05, 4.69) is 27.8 Å². The first-order chi connectivity index (χ1) is 14.2. The lowest BCUT2D eigenvalue weighted by atomic mass is 10.1. The van der Waals surface area contributed by atoms with Crippen molar-refractivity contribution >= 4 is 23.2 Å². The molecule has 156 valence electrons. The van der Waals surface area contributed by atoms with Gasteiger partial charge < -0.3 is 15.2 Å². The molecule has 7 nitrogen and oxygen atoms in total. The van der Waals surface area contributed by atoms with E-state index in [9.17, 15) is 5.11 Å². The molecular weight excluding hydrogens is 402 g/mol. The molecule has 0 amide bonds. The van der Waals surface area contributed by atoms with Gasteiger partial charge in [-0.05, 0) is 46.5 Å². The second-order valence-corrected chi connectivity index (χ2v) is 6.92. The molecule has 8 heteroatoms. The Labute approximate surface area is 181 Å². The van der Waals surface area contributed by atoms with Crippen LogP contribution in [0.25, 0.3) is 16.5 Å². The van der Waals surface area contributed by atoms with E-state index in [1.54, 1.807) is 11.0 Å². The summed E-state index contributed by atoms with van der Waals surface area (Å²) in [4.78, 5) is 0. The zero-order valence-corrected chi connectivity index (χ0v) is 17.4. The highest BCUT2D eigenvalue weighted by molar-refractivity contribution is 5.88. The summed E-state index contributed by atoms with van der Waals surface area (Å²) in [5, 5.41) is 27.0. The van der Waals surface area contributed by atoms with Crippen molar-refractivity contribution in [1.29, 1.82) is 0 Å². The minimum absolute atomic E-state index is 0. The van der Waals surface area contributed by atoms with Crippen LogP contribution in [0.5, 0.6) is 5.75 Å². The largest absolute Gasteiger partial charge is 0.490 e. The number of nitrogens with zero attached hydrogens (tertiary/aromatic N) is 4. The topological polar surface area (TPSA) is 85.1 Å². The van der Waals surface area contributed by atoms with Crippen LogP contribution in [0.2, 0.25) is 0 Å². The lowest BCUT2D eigenvalue weighted by Crippen LogP contribution is -2.33. The second-order valence-electron chi connectivity index (χ2n) is 6.92. The fraction of sp³-hybridized carbons (Fsp3) is 0.227.